The lowest BCUT2D eigenvalue weighted by Crippen LogP contribution is -2.21. The van der Waals surface area contributed by atoms with E-state index in [2.05, 4.69) is 27.7 Å². The lowest BCUT2D eigenvalue weighted by atomic mass is 9.77. The van der Waals surface area contributed by atoms with E-state index in [1.165, 1.54) is 0 Å². The van der Waals surface area contributed by atoms with Crippen molar-refractivity contribution in [2.45, 2.75) is 41.0 Å². The fourth-order valence-corrected chi connectivity index (χ4v) is 0.888. The highest BCUT2D eigenvalue weighted by atomic mass is 14.4. The Hall–Kier alpha value is -0.330. The molecule has 0 heterocycles. The molecule has 0 aliphatic heterocycles. The van der Waals surface area contributed by atoms with Gasteiger partial charge in [0.25, 0.3) is 0 Å². The highest BCUT2D eigenvalue weighted by Crippen LogP contribution is 2.29. The predicted molar refractivity (Wildman–Crippen MR) is 46.6 cm³/mol. The standard InChI is InChI=1S/C9H19N/c1-7(2)9(4,5)6-8(3)10/h7,10H,6H2,1-5H3. The zero-order chi connectivity index (χ0) is 8.36. The number of nitrogens with one attached hydrogen (secondary N) is 1. The van der Waals surface area contributed by atoms with Gasteiger partial charge in [-0.15, -0.1) is 0 Å². The van der Waals surface area contributed by atoms with Crippen molar-refractivity contribution in [1.29, 1.82) is 5.41 Å². The number of rotatable bonds is 3. The second kappa shape index (κ2) is 3.18. The minimum atomic E-state index is 0.297. The molecular formula is C9H19N. The van der Waals surface area contributed by atoms with E-state index in [1.54, 1.807) is 0 Å². The molecule has 0 fully saturated rings. The van der Waals surface area contributed by atoms with Crippen LogP contribution in [-0.2, 0) is 0 Å². The summed E-state index contributed by atoms with van der Waals surface area (Å²) in [6.45, 7) is 10.7. The van der Waals surface area contributed by atoms with Crippen LogP contribution in [0.5, 0.6) is 0 Å². The third kappa shape index (κ3) is 3.00. The Morgan fingerprint density at radius 3 is 1.90 bits per heavy atom. The molecule has 0 amide bonds. The second-order valence-electron chi connectivity index (χ2n) is 4.10. The highest BCUT2D eigenvalue weighted by Gasteiger charge is 2.22. The van der Waals surface area contributed by atoms with E-state index in [4.69, 9.17) is 5.41 Å². The topological polar surface area (TPSA) is 23.9 Å². The fourth-order valence-electron chi connectivity index (χ4n) is 0.888. The summed E-state index contributed by atoms with van der Waals surface area (Å²) in [5.41, 5.74) is 1.09. The van der Waals surface area contributed by atoms with Crippen LogP contribution in [0.2, 0.25) is 0 Å². The lowest BCUT2D eigenvalue weighted by Gasteiger charge is -2.28. The zero-order valence-corrected chi connectivity index (χ0v) is 7.78. The Labute approximate surface area is 64.3 Å². The molecule has 0 atom stereocenters. The van der Waals surface area contributed by atoms with Crippen LogP contribution < -0.4 is 0 Å². The van der Waals surface area contributed by atoms with Gasteiger partial charge in [0.05, 0.1) is 0 Å². The second-order valence-corrected chi connectivity index (χ2v) is 4.10. The maximum Gasteiger partial charge on any atom is 0.00636 e. The molecule has 0 aromatic carbocycles. The van der Waals surface area contributed by atoms with Gasteiger partial charge in [-0.1, -0.05) is 27.7 Å². The Morgan fingerprint density at radius 2 is 1.80 bits per heavy atom. The Morgan fingerprint density at radius 1 is 1.40 bits per heavy atom. The maximum absolute atomic E-state index is 7.34. The van der Waals surface area contributed by atoms with Gasteiger partial charge in [-0.05, 0) is 24.7 Å². The molecule has 0 aromatic heterocycles. The molecule has 0 saturated heterocycles. The predicted octanol–water partition coefficient (Wildman–Crippen LogP) is 3.10. The quantitative estimate of drug-likeness (QED) is 0.584. The lowest BCUT2D eigenvalue weighted by molar-refractivity contribution is 0.261. The number of hydrogen-bond donors (Lipinski definition) is 1. The normalized spacial score (nSPS) is 12.2. The first-order valence-corrected chi connectivity index (χ1v) is 3.90. The van der Waals surface area contributed by atoms with Gasteiger partial charge in [0, 0.05) is 5.71 Å². The largest absolute Gasteiger partial charge is 0.310 e. The van der Waals surface area contributed by atoms with E-state index < -0.39 is 0 Å². The SMILES string of the molecule is CC(=N)CC(C)(C)C(C)C. The van der Waals surface area contributed by atoms with Crippen LogP contribution in [0, 0.1) is 16.7 Å². The molecule has 0 radical (unpaired) electrons. The van der Waals surface area contributed by atoms with Crippen molar-refractivity contribution in [2.75, 3.05) is 0 Å². The molecule has 1 heteroatoms. The average molecular weight is 141 g/mol. The molecule has 60 valence electrons. The van der Waals surface area contributed by atoms with Gasteiger partial charge in [0.1, 0.15) is 0 Å². The molecular weight excluding hydrogens is 122 g/mol. The van der Waals surface area contributed by atoms with Crippen LogP contribution in [0.1, 0.15) is 41.0 Å². The monoisotopic (exact) mass is 141 g/mol. The Bertz CT molecular complexity index is 123. The molecule has 10 heavy (non-hydrogen) atoms. The van der Waals surface area contributed by atoms with Gasteiger partial charge in [-0.25, -0.2) is 0 Å². The molecule has 0 saturated carbocycles. The van der Waals surface area contributed by atoms with Gasteiger partial charge >= 0.3 is 0 Å². The Balaban J connectivity index is 3.99. The van der Waals surface area contributed by atoms with Crippen LogP contribution in [0.15, 0.2) is 0 Å². The fraction of sp³-hybridized carbons (Fsp3) is 0.889. The molecule has 0 unspecified atom stereocenters. The third-order valence-corrected chi connectivity index (χ3v) is 2.28. The zero-order valence-electron chi connectivity index (χ0n) is 7.78. The molecule has 0 aromatic rings. The van der Waals surface area contributed by atoms with Crippen molar-refractivity contribution in [3.8, 4) is 0 Å². The van der Waals surface area contributed by atoms with Crippen LogP contribution in [0.3, 0.4) is 0 Å². The van der Waals surface area contributed by atoms with Crippen LogP contribution in [0.25, 0.3) is 0 Å². The van der Waals surface area contributed by atoms with Gasteiger partial charge in [-0.2, -0.15) is 0 Å². The van der Waals surface area contributed by atoms with E-state index in [1.807, 2.05) is 6.92 Å². The van der Waals surface area contributed by atoms with Crippen molar-refractivity contribution in [2.24, 2.45) is 11.3 Å². The van der Waals surface area contributed by atoms with Crippen LogP contribution in [-0.4, -0.2) is 5.71 Å². The molecule has 1 nitrogen and oxygen atoms in total. The van der Waals surface area contributed by atoms with E-state index >= 15 is 0 Å². The van der Waals surface area contributed by atoms with Gasteiger partial charge < -0.3 is 5.41 Å². The van der Waals surface area contributed by atoms with Crippen molar-refractivity contribution < 1.29 is 0 Å². The summed E-state index contributed by atoms with van der Waals surface area (Å²) in [5.74, 6) is 0.660. The van der Waals surface area contributed by atoms with Crippen molar-refractivity contribution in [3.05, 3.63) is 0 Å². The summed E-state index contributed by atoms with van der Waals surface area (Å²) in [7, 11) is 0. The first-order valence-electron chi connectivity index (χ1n) is 3.90. The maximum atomic E-state index is 7.34. The van der Waals surface area contributed by atoms with Gasteiger partial charge in [0.15, 0.2) is 0 Å². The first kappa shape index (κ1) is 9.67. The molecule has 1 N–H and O–H groups in total. The van der Waals surface area contributed by atoms with Crippen molar-refractivity contribution in [1.82, 2.24) is 0 Å². The van der Waals surface area contributed by atoms with Gasteiger partial charge in [0.2, 0.25) is 0 Å². The Kier molecular flexibility index (Phi) is 3.07. The van der Waals surface area contributed by atoms with Gasteiger partial charge in [-0.3, -0.25) is 0 Å². The summed E-state index contributed by atoms with van der Waals surface area (Å²) in [5, 5.41) is 7.34. The molecule has 0 rings (SSSR count). The highest BCUT2D eigenvalue weighted by molar-refractivity contribution is 5.79. The smallest absolute Gasteiger partial charge is 0.00636 e. The number of hydrogen-bond acceptors (Lipinski definition) is 1. The summed E-state index contributed by atoms with van der Waals surface area (Å²) in [6, 6.07) is 0. The molecule has 0 bridgehead atoms. The van der Waals surface area contributed by atoms with E-state index in [0.29, 0.717) is 11.3 Å². The van der Waals surface area contributed by atoms with E-state index in [-0.39, 0.29) is 0 Å². The summed E-state index contributed by atoms with van der Waals surface area (Å²) in [6.07, 6.45) is 0.921. The average Bonchev–Trinajstić information content (AvgIpc) is 1.60. The third-order valence-electron chi connectivity index (χ3n) is 2.28. The first-order chi connectivity index (χ1) is 4.36. The molecule has 0 spiro atoms. The summed E-state index contributed by atoms with van der Waals surface area (Å²) < 4.78 is 0. The van der Waals surface area contributed by atoms with Crippen molar-refractivity contribution in [3.63, 3.8) is 0 Å². The van der Waals surface area contributed by atoms with Crippen LogP contribution >= 0.6 is 0 Å². The minimum Gasteiger partial charge on any atom is -0.310 e. The summed E-state index contributed by atoms with van der Waals surface area (Å²) >= 11 is 0. The van der Waals surface area contributed by atoms with Crippen molar-refractivity contribution >= 4 is 5.71 Å². The van der Waals surface area contributed by atoms with E-state index in [0.717, 1.165) is 12.1 Å². The van der Waals surface area contributed by atoms with Crippen LogP contribution in [0.4, 0.5) is 0 Å². The van der Waals surface area contributed by atoms with E-state index in [9.17, 15) is 0 Å². The minimum absolute atomic E-state index is 0.297. The molecule has 0 aliphatic rings. The molecule has 0 aliphatic carbocycles. The summed E-state index contributed by atoms with van der Waals surface area (Å²) in [4.78, 5) is 0.